The van der Waals surface area contributed by atoms with Gasteiger partial charge in [0.2, 0.25) is 0 Å². The third-order valence-electron chi connectivity index (χ3n) is 8.38. The minimum absolute atomic E-state index is 0.445. The van der Waals surface area contributed by atoms with Crippen LogP contribution in [-0.4, -0.2) is 44.1 Å². The number of nitrogens with zero attached hydrogens (tertiary/aromatic N) is 5. The summed E-state index contributed by atoms with van der Waals surface area (Å²) in [4.78, 5) is 16.8. The highest BCUT2D eigenvalue weighted by Crippen LogP contribution is 2.32. The molecule has 0 radical (unpaired) electrons. The van der Waals surface area contributed by atoms with Crippen LogP contribution in [0.15, 0.2) is 97.0 Å². The molecule has 43 heavy (non-hydrogen) atoms. The lowest BCUT2D eigenvalue weighted by Crippen LogP contribution is -2.30. The topological polar surface area (TPSA) is 84.9 Å². The van der Waals surface area contributed by atoms with Crippen molar-refractivity contribution in [3.63, 3.8) is 0 Å². The molecule has 6 rings (SSSR count). The molecule has 220 valence electrons. The van der Waals surface area contributed by atoms with Crippen LogP contribution in [0.1, 0.15) is 37.7 Å². The van der Waals surface area contributed by atoms with E-state index in [1.165, 1.54) is 37.7 Å². The number of rotatable bonds is 11. The highest BCUT2D eigenvalue weighted by molar-refractivity contribution is 8.00. The number of hydrogen-bond donors (Lipinski definition) is 2. The van der Waals surface area contributed by atoms with Gasteiger partial charge in [-0.1, -0.05) is 61.0 Å². The van der Waals surface area contributed by atoms with Gasteiger partial charge in [-0.3, -0.25) is 9.29 Å². The molecule has 0 spiro atoms. The molecular formula is C35H39N7S. The van der Waals surface area contributed by atoms with Gasteiger partial charge in [-0.15, -0.1) is 0 Å². The zero-order valence-electron chi connectivity index (χ0n) is 24.7. The maximum atomic E-state index is 6.33. The third kappa shape index (κ3) is 6.82. The van der Waals surface area contributed by atoms with Gasteiger partial charge in [0.15, 0.2) is 11.5 Å². The number of pyridine rings is 2. The van der Waals surface area contributed by atoms with Crippen LogP contribution in [0.25, 0.3) is 39.5 Å². The van der Waals surface area contributed by atoms with Gasteiger partial charge in [0, 0.05) is 30.0 Å². The first-order chi connectivity index (χ1) is 21.1. The van der Waals surface area contributed by atoms with Crippen LogP contribution in [0, 0.1) is 5.92 Å². The monoisotopic (exact) mass is 589 g/mol. The Bertz CT molecular complexity index is 1660. The van der Waals surface area contributed by atoms with Crippen molar-refractivity contribution in [2.24, 2.45) is 5.92 Å². The average Bonchev–Trinajstić information content (AvgIpc) is 3.43. The Morgan fingerprint density at radius 2 is 1.77 bits per heavy atom. The molecule has 5 aromatic rings. The number of benzene rings is 2. The molecule has 1 saturated carbocycles. The average molecular weight is 590 g/mol. The first kappa shape index (κ1) is 29.1. The van der Waals surface area contributed by atoms with E-state index >= 15 is 0 Å². The lowest BCUT2D eigenvalue weighted by molar-refractivity contribution is 0.247. The summed E-state index contributed by atoms with van der Waals surface area (Å²) in [7, 11) is 2.23. The Hall–Kier alpha value is -3.98. The molecule has 0 bridgehead atoms. The molecular weight excluding hydrogens is 551 g/mol. The number of nitrogens with two attached hydrogens (primary N) is 1. The van der Waals surface area contributed by atoms with Crippen molar-refractivity contribution in [2.45, 2.75) is 44.7 Å². The van der Waals surface area contributed by atoms with E-state index in [0.717, 1.165) is 58.5 Å². The molecule has 1 aliphatic rings. The minimum atomic E-state index is 0.445. The lowest BCUT2D eigenvalue weighted by atomic mass is 9.84. The van der Waals surface area contributed by atoms with Crippen molar-refractivity contribution in [3.05, 3.63) is 103 Å². The Balaban J connectivity index is 1.20. The highest BCUT2D eigenvalue weighted by Gasteiger charge is 2.21. The van der Waals surface area contributed by atoms with Crippen LogP contribution < -0.4 is 10.5 Å². The maximum Gasteiger partial charge on any atom is 0.165 e. The molecule has 3 heterocycles. The Morgan fingerprint density at radius 3 is 2.51 bits per heavy atom. The van der Waals surface area contributed by atoms with Crippen molar-refractivity contribution in [1.82, 2.24) is 29.1 Å². The van der Waals surface area contributed by atoms with Gasteiger partial charge in [-0.05, 0) is 99.0 Å². The molecule has 0 unspecified atom stereocenters. The fourth-order valence-corrected chi connectivity index (χ4v) is 6.54. The van der Waals surface area contributed by atoms with Gasteiger partial charge < -0.3 is 10.6 Å². The predicted octanol–water partition coefficient (Wildman–Crippen LogP) is 7.49. The quantitative estimate of drug-likeness (QED) is 0.154. The van der Waals surface area contributed by atoms with E-state index in [2.05, 4.69) is 69.2 Å². The molecule has 8 heteroatoms. The fraction of sp³-hybridized carbons (Fsp3) is 0.286. The molecule has 3 N–H and O–H groups in total. The van der Waals surface area contributed by atoms with Gasteiger partial charge in [0.25, 0.3) is 0 Å². The summed E-state index contributed by atoms with van der Waals surface area (Å²) in [5.74, 6) is 2.00. The smallest absolute Gasteiger partial charge is 0.165 e. The molecule has 1 aliphatic carbocycles. The van der Waals surface area contributed by atoms with Gasteiger partial charge in [0.1, 0.15) is 11.3 Å². The number of fused-ring (bicyclic) bond motifs is 1. The predicted molar refractivity (Wildman–Crippen MR) is 180 cm³/mol. The summed E-state index contributed by atoms with van der Waals surface area (Å²) in [6.07, 6.45) is 8.08. The second-order valence-electron chi connectivity index (χ2n) is 11.4. The summed E-state index contributed by atoms with van der Waals surface area (Å²) in [5.41, 5.74) is 13.0. The largest absolute Gasteiger partial charge is 0.383 e. The Kier molecular flexibility index (Phi) is 9.17. The second kappa shape index (κ2) is 13.5. The van der Waals surface area contributed by atoms with Crippen LogP contribution in [0.2, 0.25) is 0 Å². The molecule has 0 amide bonds. The lowest BCUT2D eigenvalue weighted by Gasteiger charge is -2.29. The zero-order valence-corrected chi connectivity index (χ0v) is 25.5. The number of aromatic nitrogens is 4. The molecule has 0 atom stereocenters. The molecule has 3 aromatic heterocycles. The summed E-state index contributed by atoms with van der Waals surface area (Å²) in [6.45, 7) is 5.81. The summed E-state index contributed by atoms with van der Waals surface area (Å²) in [6, 6.07) is 27.5. The Morgan fingerprint density at radius 1 is 0.977 bits per heavy atom. The van der Waals surface area contributed by atoms with Crippen LogP contribution in [0.5, 0.6) is 0 Å². The second-order valence-corrected chi connectivity index (χ2v) is 12.2. The van der Waals surface area contributed by atoms with E-state index in [1.54, 1.807) is 18.1 Å². The summed E-state index contributed by atoms with van der Waals surface area (Å²) < 4.78 is 5.61. The molecule has 7 nitrogen and oxygen atoms in total. The van der Waals surface area contributed by atoms with Crippen molar-refractivity contribution < 1.29 is 0 Å². The Labute approximate surface area is 258 Å². The van der Waals surface area contributed by atoms with Crippen molar-refractivity contribution >= 4 is 28.9 Å². The summed E-state index contributed by atoms with van der Waals surface area (Å²) >= 11 is 1.62. The summed E-state index contributed by atoms with van der Waals surface area (Å²) in [5, 5.41) is 1.87. The molecule has 2 aromatic carbocycles. The van der Waals surface area contributed by atoms with Crippen LogP contribution in [0.3, 0.4) is 0 Å². The van der Waals surface area contributed by atoms with Gasteiger partial charge in [-0.25, -0.2) is 15.0 Å². The molecule has 0 saturated heterocycles. The third-order valence-corrected chi connectivity index (χ3v) is 9.02. The number of nitrogens with one attached hydrogen (secondary N) is 1. The molecule has 0 aliphatic heterocycles. The fourth-order valence-electron chi connectivity index (χ4n) is 6.02. The van der Waals surface area contributed by atoms with Crippen molar-refractivity contribution in [3.8, 4) is 28.3 Å². The van der Waals surface area contributed by atoms with E-state index in [-0.39, 0.29) is 0 Å². The van der Waals surface area contributed by atoms with Crippen molar-refractivity contribution in [2.75, 3.05) is 19.3 Å². The van der Waals surface area contributed by atoms with Crippen LogP contribution >= 0.6 is 11.9 Å². The van der Waals surface area contributed by atoms with Gasteiger partial charge >= 0.3 is 0 Å². The SMILES string of the molecule is C=CSNC1CCC(CCN(C)Cc2ccc(-n3c(-c4cccnc4N)nc4ccc(-c5ccccc5)nc43)cc2)CC1. The van der Waals surface area contributed by atoms with E-state index in [0.29, 0.717) is 11.9 Å². The minimum Gasteiger partial charge on any atom is -0.383 e. The van der Waals surface area contributed by atoms with E-state index < -0.39 is 0 Å². The standard InChI is InChI=1S/C35H39N7S/c1-3-43-40-28-15-11-25(12-16-28)21-23-41(2)24-26-13-17-29(18-14-26)42-34(30-10-7-22-37-33(30)36)39-32-20-19-31(38-35(32)42)27-8-5-4-6-9-27/h3-10,13-14,17-20,22,25,28,40H,1,11-12,15-16,21,23-24H2,2H3,(H2,36,37). The normalized spacial score (nSPS) is 17.0. The first-order valence-corrected chi connectivity index (χ1v) is 15.9. The number of nitrogen functional groups attached to an aromatic ring is 1. The molecule has 1 fully saturated rings. The zero-order chi connectivity index (χ0) is 29.6. The van der Waals surface area contributed by atoms with Crippen molar-refractivity contribution in [1.29, 1.82) is 0 Å². The number of hydrogen-bond acceptors (Lipinski definition) is 7. The van der Waals surface area contributed by atoms with Gasteiger partial charge in [-0.2, -0.15) is 0 Å². The first-order valence-electron chi connectivity index (χ1n) is 15.0. The van der Waals surface area contributed by atoms with Crippen LogP contribution in [-0.2, 0) is 6.54 Å². The van der Waals surface area contributed by atoms with E-state index in [1.807, 2.05) is 47.9 Å². The maximum absolute atomic E-state index is 6.33. The highest BCUT2D eigenvalue weighted by atomic mass is 32.2. The van der Waals surface area contributed by atoms with E-state index in [9.17, 15) is 0 Å². The van der Waals surface area contributed by atoms with Gasteiger partial charge in [0.05, 0.1) is 11.3 Å². The van der Waals surface area contributed by atoms with E-state index in [4.69, 9.17) is 15.7 Å². The number of imidazole rings is 1. The van der Waals surface area contributed by atoms with Crippen LogP contribution in [0.4, 0.5) is 5.82 Å². The number of anilines is 1.